The number of rotatable bonds is 4. The third-order valence-corrected chi connectivity index (χ3v) is 3.11. The Morgan fingerprint density at radius 2 is 1.95 bits per heavy atom. The van der Waals surface area contributed by atoms with Gasteiger partial charge in [0.15, 0.2) is 5.75 Å². The molecule has 20 heavy (non-hydrogen) atoms. The molecular formula is C13H8Cl2FNO3. The molecule has 0 aliphatic carbocycles. The lowest BCUT2D eigenvalue weighted by molar-refractivity contribution is -0.385. The van der Waals surface area contributed by atoms with E-state index in [0.29, 0.717) is 15.6 Å². The fourth-order valence-electron chi connectivity index (χ4n) is 1.56. The Kier molecular flexibility index (Phi) is 4.42. The minimum atomic E-state index is -0.584. The molecule has 0 saturated heterocycles. The standard InChI is InChI=1S/C13H8Cl2FNO3/c14-9-1-4-12(17(18)19)13(6-9)20-7-8-5-10(16)2-3-11(8)15/h1-6H,7H2. The number of ether oxygens (including phenoxy) is 1. The second-order valence-electron chi connectivity index (χ2n) is 3.89. The van der Waals surface area contributed by atoms with Crippen LogP contribution in [-0.2, 0) is 6.61 Å². The summed E-state index contributed by atoms with van der Waals surface area (Å²) < 4.78 is 18.4. The predicted molar refractivity (Wildman–Crippen MR) is 73.8 cm³/mol. The van der Waals surface area contributed by atoms with E-state index in [-0.39, 0.29) is 18.0 Å². The molecule has 0 spiro atoms. The Hall–Kier alpha value is -1.85. The third-order valence-electron chi connectivity index (χ3n) is 2.51. The van der Waals surface area contributed by atoms with E-state index in [2.05, 4.69) is 0 Å². The summed E-state index contributed by atoms with van der Waals surface area (Å²) in [5.41, 5.74) is 0.169. The Labute approximate surface area is 123 Å². The van der Waals surface area contributed by atoms with Crippen LogP contribution in [0.3, 0.4) is 0 Å². The zero-order chi connectivity index (χ0) is 14.7. The summed E-state index contributed by atoms with van der Waals surface area (Å²) >= 11 is 11.7. The molecule has 0 aliphatic heterocycles. The summed E-state index contributed by atoms with van der Waals surface area (Å²) in [6.07, 6.45) is 0. The van der Waals surface area contributed by atoms with E-state index in [9.17, 15) is 14.5 Å². The second-order valence-corrected chi connectivity index (χ2v) is 4.74. The van der Waals surface area contributed by atoms with Gasteiger partial charge < -0.3 is 4.74 Å². The molecule has 0 aromatic heterocycles. The van der Waals surface area contributed by atoms with Crippen LogP contribution in [0.5, 0.6) is 5.75 Å². The number of hydrogen-bond acceptors (Lipinski definition) is 3. The van der Waals surface area contributed by atoms with Gasteiger partial charge in [0.2, 0.25) is 0 Å². The second kappa shape index (κ2) is 6.07. The molecule has 0 fully saturated rings. The normalized spacial score (nSPS) is 10.3. The third kappa shape index (κ3) is 3.37. The Morgan fingerprint density at radius 3 is 2.65 bits per heavy atom. The molecule has 0 aliphatic rings. The number of nitrogens with zero attached hydrogens (tertiary/aromatic N) is 1. The molecule has 2 rings (SSSR count). The van der Waals surface area contributed by atoms with Crippen molar-refractivity contribution >= 4 is 28.9 Å². The first kappa shape index (κ1) is 14.6. The van der Waals surface area contributed by atoms with Crippen LogP contribution in [-0.4, -0.2) is 4.92 Å². The molecule has 0 unspecified atom stereocenters. The van der Waals surface area contributed by atoms with Gasteiger partial charge in [-0.25, -0.2) is 4.39 Å². The minimum absolute atomic E-state index is 0.00262. The topological polar surface area (TPSA) is 52.4 Å². The highest BCUT2D eigenvalue weighted by atomic mass is 35.5. The van der Waals surface area contributed by atoms with E-state index in [1.54, 1.807) is 0 Å². The Balaban J connectivity index is 2.24. The molecule has 0 radical (unpaired) electrons. The molecule has 4 nitrogen and oxygen atoms in total. The lowest BCUT2D eigenvalue weighted by Gasteiger charge is -2.08. The van der Waals surface area contributed by atoms with E-state index in [1.165, 1.54) is 36.4 Å². The Morgan fingerprint density at radius 1 is 1.20 bits per heavy atom. The van der Waals surface area contributed by atoms with Crippen molar-refractivity contribution in [3.8, 4) is 5.75 Å². The highest BCUT2D eigenvalue weighted by Crippen LogP contribution is 2.31. The highest BCUT2D eigenvalue weighted by molar-refractivity contribution is 6.31. The zero-order valence-corrected chi connectivity index (χ0v) is 11.5. The molecule has 0 bridgehead atoms. The molecule has 0 atom stereocenters. The van der Waals surface area contributed by atoms with Crippen molar-refractivity contribution in [3.05, 3.63) is 67.9 Å². The summed E-state index contributed by atoms with van der Waals surface area (Å²) in [4.78, 5) is 10.3. The van der Waals surface area contributed by atoms with Gasteiger partial charge in [0.1, 0.15) is 12.4 Å². The van der Waals surface area contributed by atoms with Gasteiger partial charge in [0.25, 0.3) is 0 Å². The van der Waals surface area contributed by atoms with Gasteiger partial charge in [-0.15, -0.1) is 0 Å². The first-order chi connectivity index (χ1) is 9.47. The number of nitro benzene ring substituents is 1. The van der Waals surface area contributed by atoms with Crippen LogP contribution in [0, 0.1) is 15.9 Å². The van der Waals surface area contributed by atoms with Crippen molar-refractivity contribution in [2.75, 3.05) is 0 Å². The highest BCUT2D eigenvalue weighted by Gasteiger charge is 2.16. The van der Waals surface area contributed by atoms with Crippen LogP contribution in [0.15, 0.2) is 36.4 Å². The first-order valence-electron chi connectivity index (χ1n) is 5.48. The van der Waals surface area contributed by atoms with Gasteiger partial charge in [-0.3, -0.25) is 10.1 Å². The van der Waals surface area contributed by atoms with Crippen LogP contribution in [0.25, 0.3) is 0 Å². The average Bonchev–Trinajstić information content (AvgIpc) is 2.39. The zero-order valence-electron chi connectivity index (χ0n) is 9.98. The maximum atomic E-state index is 13.1. The molecular weight excluding hydrogens is 308 g/mol. The molecule has 2 aromatic rings. The van der Waals surface area contributed by atoms with Crippen LogP contribution in [0.4, 0.5) is 10.1 Å². The van der Waals surface area contributed by atoms with Gasteiger partial charge in [-0.2, -0.15) is 0 Å². The molecule has 0 amide bonds. The fourth-order valence-corrected chi connectivity index (χ4v) is 1.90. The van der Waals surface area contributed by atoms with Gasteiger partial charge >= 0.3 is 5.69 Å². The Bertz CT molecular complexity index is 664. The summed E-state index contributed by atoms with van der Waals surface area (Å²) in [6.45, 7) is -0.0994. The molecule has 0 heterocycles. The van der Waals surface area contributed by atoms with E-state index in [1.807, 2.05) is 0 Å². The smallest absolute Gasteiger partial charge is 0.311 e. The van der Waals surface area contributed by atoms with Crippen molar-refractivity contribution in [3.63, 3.8) is 0 Å². The molecule has 0 N–H and O–H groups in total. The maximum absolute atomic E-state index is 13.1. The summed E-state index contributed by atoms with van der Waals surface area (Å²) in [7, 11) is 0. The minimum Gasteiger partial charge on any atom is -0.482 e. The molecule has 2 aromatic carbocycles. The fraction of sp³-hybridized carbons (Fsp3) is 0.0769. The van der Waals surface area contributed by atoms with Crippen molar-refractivity contribution in [2.24, 2.45) is 0 Å². The van der Waals surface area contributed by atoms with E-state index in [0.717, 1.165) is 0 Å². The van der Waals surface area contributed by atoms with Crippen LogP contribution >= 0.6 is 23.2 Å². The molecule has 104 valence electrons. The van der Waals surface area contributed by atoms with Crippen molar-refractivity contribution < 1.29 is 14.1 Å². The number of halogens is 3. The van der Waals surface area contributed by atoms with Gasteiger partial charge in [-0.1, -0.05) is 23.2 Å². The van der Waals surface area contributed by atoms with E-state index in [4.69, 9.17) is 27.9 Å². The van der Waals surface area contributed by atoms with Gasteiger partial charge in [-0.05, 0) is 24.3 Å². The predicted octanol–water partition coefficient (Wildman–Crippen LogP) is 4.62. The van der Waals surface area contributed by atoms with E-state index < -0.39 is 10.7 Å². The summed E-state index contributed by atoms with van der Waals surface area (Å²) in [5, 5.41) is 11.5. The van der Waals surface area contributed by atoms with Crippen molar-refractivity contribution in [1.29, 1.82) is 0 Å². The molecule has 0 saturated carbocycles. The maximum Gasteiger partial charge on any atom is 0.311 e. The van der Waals surface area contributed by atoms with Crippen LogP contribution in [0.2, 0.25) is 10.0 Å². The summed E-state index contributed by atoms with van der Waals surface area (Å²) in [6, 6.07) is 7.77. The van der Waals surface area contributed by atoms with Gasteiger partial charge in [0.05, 0.1) is 4.92 Å². The SMILES string of the molecule is O=[N+]([O-])c1ccc(Cl)cc1OCc1cc(F)ccc1Cl. The van der Waals surface area contributed by atoms with Crippen LogP contribution in [0.1, 0.15) is 5.56 Å². The number of nitro groups is 1. The summed E-state index contributed by atoms with van der Waals surface area (Å²) in [5.74, 6) is -0.462. The number of benzene rings is 2. The quantitative estimate of drug-likeness (QED) is 0.611. The van der Waals surface area contributed by atoms with Crippen molar-refractivity contribution in [2.45, 2.75) is 6.61 Å². The van der Waals surface area contributed by atoms with Gasteiger partial charge in [0, 0.05) is 27.7 Å². The first-order valence-corrected chi connectivity index (χ1v) is 6.23. The lowest BCUT2D eigenvalue weighted by Crippen LogP contribution is -2.00. The number of hydrogen-bond donors (Lipinski definition) is 0. The lowest BCUT2D eigenvalue weighted by atomic mass is 10.2. The largest absolute Gasteiger partial charge is 0.482 e. The van der Waals surface area contributed by atoms with E-state index >= 15 is 0 Å². The average molecular weight is 316 g/mol. The monoisotopic (exact) mass is 315 g/mol. The van der Waals surface area contributed by atoms with Crippen molar-refractivity contribution in [1.82, 2.24) is 0 Å². The van der Waals surface area contributed by atoms with Crippen LogP contribution < -0.4 is 4.74 Å². The molecule has 7 heteroatoms.